The summed E-state index contributed by atoms with van der Waals surface area (Å²) in [5.41, 5.74) is 1.47. The molecule has 1 atom stereocenters. The lowest BCUT2D eigenvalue weighted by atomic mass is 10.1. The number of nitrogens with one attached hydrogen (secondary N) is 1. The van der Waals surface area contributed by atoms with Gasteiger partial charge in [0.15, 0.2) is 0 Å². The molecule has 0 aliphatic heterocycles. The highest BCUT2D eigenvalue weighted by molar-refractivity contribution is 7.92. The van der Waals surface area contributed by atoms with Gasteiger partial charge in [0.25, 0.3) is 0 Å². The number of hydrogen-bond acceptors (Lipinski definition) is 4. The summed E-state index contributed by atoms with van der Waals surface area (Å²) in [5.74, 6) is -1.17. The van der Waals surface area contributed by atoms with Crippen LogP contribution in [0.25, 0.3) is 0 Å². The Morgan fingerprint density at radius 1 is 1.17 bits per heavy atom. The maximum Gasteiger partial charge on any atom is 0.242 e. The lowest BCUT2D eigenvalue weighted by Gasteiger charge is -2.29. The van der Waals surface area contributed by atoms with Gasteiger partial charge in [0.2, 0.25) is 21.8 Å². The molecule has 0 aliphatic carbocycles. The Morgan fingerprint density at radius 3 is 2.49 bits per heavy atom. The van der Waals surface area contributed by atoms with Crippen LogP contribution in [0.4, 0.5) is 10.1 Å². The molecule has 0 bridgehead atoms. The van der Waals surface area contributed by atoms with E-state index in [1.807, 2.05) is 6.92 Å². The molecule has 2 rings (SSSR count). The molecule has 10 heteroatoms. The summed E-state index contributed by atoms with van der Waals surface area (Å²) in [6.07, 6.45) is 2.02. The Morgan fingerprint density at radius 2 is 1.86 bits per heavy atom. The normalized spacial score (nSPS) is 12.2. The number of halogens is 2. The highest BCUT2D eigenvalue weighted by Gasteiger charge is 2.27. The van der Waals surface area contributed by atoms with Crippen LogP contribution in [0.2, 0.25) is 5.02 Å². The summed E-state index contributed by atoms with van der Waals surface area (Å²) in [7, 11) is -3.63. The van der Waals surface area contributed by atoms with Crippen molar-refractivity contribution in [2.45, 2.75) is 52.6 Å². The third kappa shape index (κ3) is 8.21. The van der Waals surface area contributed by atoms with Crippen molar-refractivity contribution in [3.05, 3.63) is 64.4 Å². The predicted octanol–water partition coefficient (Wildman–Crippen LogP) is 4.28. The van der Waals surface area contributed by atoms with E-state index in [2.05, 4.69) is 5.32 Å². The minimum absolute atomic E-state index is 0.0223. The van der Waals surface area contributed by atoms with Gasteiger partial charge in [-0.2, -0.15) is 0 Å². The summed E-state index contributed by atoms with van der Waals surface area (Å²) in [6.45, 7) is 5.74. The maximum atomic E-state index is 14.3. The average molecular weight is 526 g/mol. The zero-order valence-corrected chi connectivity index (χ0v) is 22.1. The number of nitrogens with zero attached hydrogens (tertiary/aromatic N) is 2. The smallest absolute Gasteiger partial charge is 0.242 e. The third-order valence-electron chi connectivity index (χ3n) is 5.61. The molecule has 2 aromatic rings. The van der Waals surface area contributed by atoms with Gasteiger partial charge in [-0.1, -0.05) is 42.8 Å². The molecule has 2 aromatic carbocycles. The first-order valence-electron chi connectivity index (χ1n) is 11.5. The van der Waals surface area contributed by atoms with Crippen LogP contribution in [-0.2, 0) is 26.2 Å². The summed E-state index contributed by atoms with van der Waals surface area (Å²) < 4.78 is 40.5. The first kappa shape index (κ1) is 28.6. The SMILES string of the molecule is CCCNC(=O)[C@@H](C)N(Cc1ccccc1F)C(=O)CCCN(c1cc(Cl)ccc1C)S(C)(=O)=O. The number of anilines is 1. The highest BCUT2D eigenvalue weighted by atomic mass is 35.5. The molecule has 35 heavy (non-hydrogen) atoms. The molecule has 0 unspecified atom stereocenters. The Kier molecular flexibility index (Phi) is 10.5. The molecule has 0 fully saturated rings. The van der Waals surface area contributed by atoms with Gasteiger partial charge in [-0.3, -0.25) is 13.9 Å². The Balaban J connectivity index is 2.20. The van der Waals surface area contributed by atoms with E-state index in [9.17, 15) is 22.4 Å². The second kappa shape index (κ2) is 12.9. The van der Waals surface area contributed by atoms with Gasteiger partial charge in [0.05, 0.1) is 11.9 Å². The lowest BCUT2D eigenvalue weighted by molar-refractivity contribution is -0.140. The molecule has 0 aromatic heterocycles. The van der Waals surface area contributed by atoms with E-state index in [1.54, 1.807) is 50.2 Å². The Hall–Kier alpha value is -2.65. The molecule has 0 spiro atoms. The second-order valence-corrected chi connectivity index (χ2v) is 10.8. The number of sulfonamides is 1. The van der Waals surface area contributed by atoms with Crippen molar-refractivity contribution in [2.24, 2.45) is 0 Å². The Labute approximate surface area is 212 Å². The zero-order valence-electron chi connectivity index (χ0n) is 20.6. The van der Waals surface area contributed by atoms with Crippen molar-refractivity contribution < 1.29 is 22.4 Å². The van der Waals surface area contributed by atoms with Crippen molar-refractivity contribution in [3.63, 3.8) is 0 Å². The van der Waals surface area contributed by atoms with E-state index >= 15 is 0 Å². The van der Waals surface area contributed by atoms with Crippen LogP contribution in [0.15, 0.2) is 42.5 Å². The van der Waals surface area contributed by atoms with Gasteiger partial charge in [-0.25, -0.2) is 12.8 Å². The number of benzene rings is 2. The van der Waals surface area contributed by atoms with E-state index in [0.29, 0.717) is 22.8 Å². The van der Waals surface area contributed by atoms with Crippen LogP contribution in [0.1, 0.15) is 44.2 Å². The van der Waals surface area contributed by atoms with Gasteiger partial charge in [-0.05, 0) is 50.5 Å². The van der Waals surface area contributed by atoms with Crippen molar-refractivity contribution in [1.82, 2.24) is 10.2 Å². The Bertz CT molecular complexity index is 1140. The first-order chi connectivity index (χ1) is 16.5. The average Bonchev–Trinajstić information content (AvgIpc) is 2.80. The fourth-order valence-electron chi connectivity index (χ4n) is 3.62. The topological polar surface area (TPSA) is 86.8 Å². The minimum Gasteiger partial charge on any atom is -0.354 e. The van der Waals surface area contributed by atoms with Crippen molar-refractivity contribution in [2.75, 3.05) is 23.7 Å². The number of aryl methyl sites for hydroxylation is 1. The number of amides is 2. The quantitative estimate of drug-likeness (QED) is 0.448. The van der Waals surface area contributed by atoms with Crippen LogP contribution in [0.3, 0.4) is 0 Å². The van der Waals surface area contributed by atoms with Gasteiger partial charge in [0.1, 0.15) is 11.9 Å². The van der Waals surface area contributed by atoms with Crippen LogP contribution in [0.5, 0.6) is 0 Å². The molecule has 7 nitrogen and oxygen atoms in total. The fourth-order valence-corrected chi connectivity index (χ4v) is 4.80. The van der Waals surface area contributed by atoms with Gasteiger partial charge >= 0.3 is 0 Å². The zero-order chi connectivity index (χ0) is 26.2. The van der Waals surface area contributed by atoms with Gasteiger partial charge < -0.3 is 10.2 Å². The van der Waals surface area contributed by atoms with Gasteiger partial charge in [0, 0.05) is 36.6 Å². The molecule has 0 aliphatic rings. The number of carbonyl (C=O) groups is 2. The summed E-state index contributed by atoms with van der Waals surface area (Å²) in [5, 5.41) is 3.17. The second-order valence-electron chi connectivity index (χ2n) is 8.45. The molecule has 0 saturated heterocycles. The molecule has 0 heterocycles. The van der Waals surface area contributed by atoms with Crippen LogP contribution < -0.4 is 9.62 Å². The van der Waals surface area contributed by atoms with E-state index in [0.717, 1.165) is 18.2 Å². The standard InChI is InChI=1S/C25H33ClFN3O4S/c1-5-14-28-25(32)19(3)29(17-20-9-6-7-10-22(20)27)24(31)11-8-15-30(35(4,33)34)23-16-21(26)13-12-18(23)2/h6-7,9-10,12-13,16,19H,5,8,11,14-15,17H2,1-4H3,(H,28,32)/t19-/m1/s1. The third-order valence-corrected chi connectivity index (χ3v) is 7.02. The predicted molar refractivity (Wildman–Crippen MR) is 137 cm³/mol. The van der Waals surface area contributed by atoms with E-state index in [-0.39, 0.29) is 37.7 Å². The monoisotopic (exact) mass is 525 g/mol. The fraction of sp³-hybridized carbons (Fsp3) is 0.440. The van der Waals surface area contributed by atoms with Crippen LogP contribution in [0, 0.1) is 12.7 Å². The molecular weight excluding hydrogens is 493 g/mol. The van der Waals surface area contributed by atoms with E-state index in [4.69, 9.17) is 11.6 Å². The van der Waals surface area contributed by atoms with Crippen LogP contribution >= 0.6 is 11.6 Å². The molecule has 2 amide bonds. The van der Waals surface area contributed by atoms with Gasteiger partial charge in [-0.15, -0.1) is 0 Å². The molecule has 0 saturated carbocycles. The highest BCUT2D eigenvalue weighted by Crippen LogP contribution is 2.27. The largest absolute Gasteiger partial charge is 0.354 e. The molecule has 192 valence electrons. The number of rotatable bonds is 12. The van der Waals surface area contributed by atoms with Crippen molar-refractivity contribution in [1.29, 1.82) is 0 Å². The summed E-state index contributed by atoms with van der Waals surface area (Å²) >= 11 is 6.08. The van der Waals surface area contributed by atoms with Crippen molar-refractivity contribution in [3.8, 4) is 0 Å². The summed E-state index contributed by atoms with van der Waals surface area (Å²) in [4.78, 5) is 27.1. The minimum atomic E-state index is -3.63. The van der Waals surface area contributed by atoms with Crippen molar-refractivity contribution >= 4 is 39.1 Å². The first-order valence-corrected chi connectivity index (χ1v) is 13.7. The van der Waals surface area contributed by atoms with E-state index < -0.39 is 21.9 Å². The molecule has 0 radical (unpaired) electrons. The molecular formula is C25H33ClFN3O4S. The lowest BCUT2D eigenvalue weighted by Crippen LogP contribution is -2.48. The maximum absolute atomic E-state index is 14.3. The molecule has 1 N–H and O–H groups in total. The summed E-state index contributed by atoms with van der Waals surface area (Å²) in [6, 6.07) is 10.3. The number of carbonyl (C=O) groups excluding carboxylic acids is 2. The van der Waals surface area contributed by atoms with Crippen LogP contribution in [-0.4, -0.2) is 50.5 Å². The van der Waals surface area contributed by atoms with E-state index in [1.165, 1.54) is 15.3 Å². The number of hydrogen-bond donors (Lipinski definition) is 1.